The molecule has 15 heavy (non-hydrogen) atoms. The zero-order valence-corrected chi connectivity index (χ0v) is 10.2. The highest BCUT2D eigenvalue weighted by molar-refractivity contribution is 6.23. The minimum atomic E-state index is 0.491. The van der Waals surface area contributed by atoms with E-state index < -0.39 is 0 Å². The highest BCUT2D eigenvalue weighted by Gasteiger charge is 2.02. The van der Waals surface area contributed by atoms with Crippen LogP contribution in [-0.4, -0.2) is 19.0 Å². The summed E-state index contributed by atoms with van der Waals surface area (Å²) < 4.78 is 0. The largest absolute Gasteiger partial charge is 0.372 e. The van der Waals surface area contributed by atoms with Gasteiger partial charge in [0.25, 0.3) is 0 Å². The van der Waals surface area contributed by atoms with Crippen molar-refractivity contribution in [2.75, 3.05) is 23.9 Å². The molecule has 0 fully saturated rings. The predicted molar refractivity (Wildman–Crippen MR) is 69.8 cm³/mol. The van der Waals surface area contributed by atoms with Crippen molar-refractivity contribution in [3.63, 3.8) is 0 Å². The summed E-state index contributed by atoms with van der Waals surface area (Å²) in [5.41, 5.74) is 3.36. The van der Waals surface area contributed by atoms with Crippen molar-refractivity contribution >= 4 is 22.9 Å². The van der Waals surface area contributed by atoms with E-state index in [0.29, 0.717) is 5.88 Å². The second-order valence-electron chi connectivity index (χ2n) is 3.46. The van der Waals surface area contributed by atoms with Crippen LogP contribution in [0.2, 0.25) is 0 Å². The van der Waals surface area contributed by atoms with Crippen LogP contribution < -0.4 is 4.90 Å². The number of benzene rings is 1. The molecule has 1 aromatic rings. The van der Waals surface area contributed by atoms with Crippen molar-refractivity contribution in [1.29, 1.82) is 0 Å². The first-order valence-electron chi connectivity index (χ1n) is 5.32. The van der Waals surface area contributed by atoms with Crippen LogP contribution in [0, 0.1) is 0 Å². The third-order valence-electron chi connectivity index (χ3n) is 2.57. The van der Waals surface area contributed by atoms with Crippen molar-refractivity contribution in [1.82, 2.24) is 0 Å². The Balaban J connectivity index is 2.84. The molecular formula is C13H18ClN. The smallest absolute Gasteiger partial charge is 0.0474 e. The minimum absolute atomic E-state index is 0.491. The van der Waals surface area contributed by atoms with Crippen LogP contribution in [-0.2, 0) is 0 Å². The third-order valence-corrected chi connectivity index (χ3v) is 2.89. The van der Waals surface area contributed by atoms with Gasteiger partial charge in [-0.2, -0.15) is 0 Å². The summed E-state index contributed by atoms with van der Waals surface area (Å²) in [5.74, 6) is 0.491. The molecule has 0 bridgehead atoms. The van der Waals surface area contributed by atoms with E-state index in [-0.39, 0.29) is 0 Å². The number of anilines is 1. The van der Waals surface area contributed by atoms with Gasteiger partial charge >= 0.3 is 0 Å². The monoisotopic (exact) mass is 223 g/mol. The van der Waals surface area contributed by atoms with Gasteiger partial charge in [-0.05, 0) is 37.1 Å². The standard InChI is InChI=1S/C13H18ClN/c1-4-15(5-2)13-8-6-12(7-9-13)11(3)10-14/h6-9H,3-5,10H2,1-2H3. The van der Waals surface area contributed by atoms with Crippen molar-refractivity contribution in [3.05, 3.63) is 36.4 Å². The van der Waals surface area contributed by atoms with Crippen LogP contribution in [0.4, 0.5) is 5.69 Å². The normalized spacial score (nSPS) is 10.1. The zero-order valence-electron chi connectivity index (χ0n) is 9.46. The Hall–Kier alpha value is -0.950. The molecule has 0 spiro atoms. The Morgan fingerprint density at radius 1 is 1.20 bits per heavy atom. The van der Waals surface area contributed by atoms with Gasteiger partial charge in [0, 0.05) is 24.7 Å². The summed E-state index contributed by atoms with van der Waals surface area (Å²) in [4.78, 5) is 2.31. The molecule has 2 heteroatoms. The quantitative estimate of drug-likeness (QED) is 0.687. The number of rotatable bonds is 5. The fourth-order valence-corrected chi connectivity index (χ4v) is 1.73. The van der Waals surface area contributed by atoms with Crippen LogP contribution >= 0.6 is 11.6 Å². The van der Waals surface area contributed by atoms with Gasteiger partial charge in [0.1, 0.15) is 0 Å². The summed E-state index contributed by atoms with van der Waals surface area (Å²) in [7, 11) is 0. The van der Waals surface area contributed by atoms with Gasteiger partial charge in [-0.1, -0.05) is 18.7 Å². The average Bonchev–Trinajstić information content (AvgIpc) is 2.30. The molecule has 0 saturated carbocycles. The Morgan fingerprint density at radius 3 is 2.13 bits per heavy atom. The maximum Gasteiger partial charge on any atom is 0.0474 e. The molecule has 0 unspecified atom stereocenters. The SMILES string of the molecule is C=C(CCl)c1ccc(N(CC)CC)cc1. The lowest BCUT2D eigenvalue weighted by Crippen LogP contribution is -2.21. The van der Waals surface area contributed by atoms with Crippen LogP contribution in [0.15, 0.2) is 30.8 Å². The van der Waals surface area contributed by atoms with Gasteiger partial charge in [-0.25, -0.2) is 0 Å². The molecular weight excluding hydrogens is 206 g/mol. The molecule has 0 aliphatic heterocycles. The Morgan fingerprint density at radius 2 is 1.73 bits per heavy atom. The molecule has 0 saturated heterocycles. The lowest BCUT2D eigenvalue weighted by atomic mass is 10.1. The number of alkyl halides is 1. The van der Waals surface area contributed by atoms with Crippen molar-refractivity contribution in [2.45, 2.75) is 13.8 Å². The van der Waals surface area contributed by atoms with E-state index >= 15 is 0 Å². The predicted octanol–water partition coefficient (Wildman–Crippen LogP) is 3.78. The van der Waals surface area contributed by atoms with Crippen molar-refractivity contribution < 1.29 is 0 Å². The number of hydrogen-bond acceptors (Lipinski definition) is 1. The molecule has 1 aromatic carbocycles. The Bertz CT molecular complexity index is 312. The fourth-order valence-electron chi connectivity index (χ4n) is 1.57. The Labute approximate surface area is 97.4 Å². The first-order valence-corrected chi connectivity index (χ1v) is 5.85. The molecule has 1 rings (SSSR count). The van der Waals surface area contributed by atoms with E-state index in [0.717, 1.165) is 24.2 Å². The molecule has 0 heterocycles. The van der Waals surface area contributed by atoms with Crippen molar-refractivity contribution in [3.8, 4) is 0 Å². The summed E-state index contributed by atoms with van der Waals surface area (Å²) in [5, 5.41) is 0. The lowest BCUT2D eigenvalue weighted by Gasteiger charge is -2.21. The molecule has 1 nitrogen and oxygen atoms in total. The lowest BCUT2D eigenvalue weighted by molar-refractivity contribution is 0.866. The van der Waals surface area contributed by atoms with Gasteiger partial charge < -0.3 is 4.90 Å². The van der Waals surface area contributed by atoms with Crippen molar-refractivity contribution in [2.24, 2.45) is 0 Å². The maximum absolute atomic E-state index is 5.73. The number of allylic oxidation sites excluding steroid dienone is 1. The highest BCUT2D eigenvalue weighted by atomic mass is 35.5. The van der Waals surface area contributed by atoms with E-state index in [1.807, 2.05) is 0 Å². The molecule has 0 amide bonds. The van der Waals surface area contributed by atoms with E-state index in [9.17, 15) is 0 Å². The zero-order chi connectivity index (χ0) is 11.3. The average molecular weight is 224 g/mol. The fraction of sp³-hybridized carbons (Fsp3) is 0.385. The molecule has 82 valence electrons. The first-order chi connectivity index (χ1) is 7.22. The molecule has 0 aromatic heterocycles. The van der Waals surface area contributed by atoms with Gasteiger partial charge in [0.15, 0.2) is 0 Å². The van der Waals surface area contributed by atoms with Gasteiger partial charge in [-0.3, -0.25) is 0 Å². The van der Waals surface area contributed by atoms with Gasteiger partial charge in [0.05, 0.1) is 0 Å². The van der Waals surface area contributed by atoms with E-state index in [1.54, 1.807) is 0 Å². The second-order valence-corrected chi connectivity index (χ2v) is 3.72. The maximum atomic E-state index is 5.73. The van der Waals surface area contributed by atoms with Crippen LogP contribution in [0.1, 0.15) is 19.4 Å². The third kappa shape index (κ3) is 3.00. The molecule has 0 N–H and O–H groups in total. The van der Waals surface area contributed by atoms with E-state index in [2.05, 4.69) is 49.6 Å². The van der Waals surface area contributed by atoms with E-state index in [4.69, 9.17) is 11.6 Å². The number of nitrogens with zero attached hydrogens (tertiary/aromatic N) is 1. The summed E-state index contributed by atoms with van der Waals surface area (Å²) >= 11 is 5.73. The molecule has 0 aliphatic carbocycles. The summed E-state index contributed by atoms with van der Waals surface area (Å²) in [6.45, 7) is 10.3. The van der Waals surface area contributed by atoms with Gasteiger partial charge in [-0.15, -0.1) is 11.6 Å². The van der Waals surface area contributed by atoms with Crippen LogP contribution in [0.25, 0.3) is 5.57 Å². The molecule has 0 aliphatic rings. The van der Waals surface area contributed by atoms with Crippen LogP contribution in [0.3, 0.4) is 0 Å². The molecule has 0 radical (unpaired) electrons. The minimum Gasteiger partial charge on any atom is -0.372 e. The first kappa shape index (κ1) is 12.1. The van der Waals surface area contributed by atoms with Crippen LogP contribution in [0.5, 0.6) is 0 Å². The topological polar surface area (TPSA) is 3.24 Å². The molecule has 0 atom stereocenters. The number of hydrogen-bond donors (Lipinski definition) is 0. The summed E-state index contributed by atoms with van der Waals surface area (Å²) in [6, 6.07) is 8.41. The van der Waals surface area contributed by atoms with E-state index in [1.165, 1.54) is 5.69 Å². The highest BCUT2D eigenvalue weighted by Crippen LogP contribution is 2.19. The van der Waals surface area contributed by atoms with Gasteiger partial charge in [0.2, 0.25) is 0 Å². The summed E-state index contributed by atoms with van der Waals surface area (Å²) in [6.07, 6.45) is 0. The second kappa shape index (κ2) is 5.82. The Kier molecular flexibility index (Phi) is 4.70. The number of halogens is 1.